The molecule has 0 saturated heterocycles. The summed E-state index contributed by atoms with van der Waals surface area (Å²) in [6, 6.07) is 0. The molecular weight excluding hydrogens is 192 g/mol. The Morgan fingerprint density at radius 2 is 1.93 bits per heavy atom. The molecule has 0 aromatic heterocycles. The molecule has 0 aromatic carbocycles. The number of aliphatic hydroxyl groups is 2. The molecule has 0 rings (SSSR count). The zero-order valence-electron chi connectivity index (χ0n) is 7.21. The fourth-order valence-corrected chi connectivity index (χ4v) is 0.665. The van der Waals surface area contributed by atoms with Gasteiger partial charge in [0.25, 0.3) is 0 Å². The number of rotatable bonds is 5. The molecule has 0 aliphatic heterocycles. The molecule has 78 valence electrons. The molecule has 6 nitrogen and oxygen atoms in total. The maximum absolute atomic E-state index is 11.0. The average Bonchev–Trinajstić information content (AvgIpc) is 2.15. The second kappa shape index (κ2) is 4.54. The number of hydrogen-bond donors (Lipinski definition) is 3. The molecule has 14 heavy (non-hydrogen) atoms. The number of aliphatic hydroxyl groups excluding tert-OH is 1. The van der Waals surface area contributed by atoms with Crippen LogP contribution in [0.2, 0.25) is 0 Å². The Morgan fingerprint density at radius 3 is 2.21 bits per heavy atom. The lowest BCUT2D eigenvalue weighted by Gasteiger charge is -2.23. The summed E-state index contributed by atoms with van der Waals surface area (Å²) in [5, 5.41) is 26.7. The van der Waals surface area contributed by atoms with E-state index in [-0.39, 0.29) is 0 Å². The third kappa shape index (κ3) is 2.18. The molecule has 0 aromatic rings. The van der Waals surface area contributed by atoms with Crippen molar-refractivity contribution in [2.75, 3.05) is 0 Å². The van der Waals surface area contributed by atoms with E-state index in [2.05, 4.69) is 17.9 Å². The highest BCUT2D eigenvalue weighted by Gasteiger charge is 2.46. The van der Waals surface area contributed by atoms with Crippen LogP contribution in [0.3, 0.4) is 0 Å². The van der Waals surface area contributed by atoms with Crippen molar-refractivity contribution in [2.45, 2.75) is 11.7 Å². The number of ether oxygens (including phenoxy) is 1. The van der Waals surface area contributed by atoms with Gasteiger partial charge in [-0.05, 0) is 6.08 Å². The topological polar surface area (TPSA) is 104 Å². The van der Waals surface area contributed by atoms with Crippen LogP contribution in [0, 0.1) is 0 Å². The van der Waals surface area contributed by atoms with Gasteiger partial charge in [-0.15, -0.1) is 0 Å². The van der Waals surface area contributed by atoms with Gasteiger partial charge in [0.05, 0.1) is 6.26 Å². The third-order valence-corrected chi connectivity index (χ3v) is 1.48. The minimum absolute atomic E-state index is 0.581. The molecule has 0 fully saturated rings. The number of aliphatic carboxylic acids is 1. The maximum Gasteiger partial charge on any atom is 0.350 e. The van der Waals surface area contributed by atoms with Crippen molar-refractivity contribution in [3.05, 3.63) is 25.5 Å². The normalized spacial score (nSPS) is 16.1. The van der Waals surface area contributed by atoms with E-state index in [4.69, 9.17) is 10.2 Å². The van der Waals surface area contributed by atoms with Crippen LogP contribution in [0.25, 0.3) is 0 Å². The molecule has 3 N–H and O–H groups in total. The first-order valence-corrected chi connectivity index (χ1v) is 3.49. The summed E-state index contributed by atoms with van der Waals surface area (Å²) >= 11 is 0. The van der Waals surface area contributed by atoms with E-state index in [9.17, 15) is 14.7 Å². The molecule has 2 atom stereocenters. The first kappa shape index (κ1) is 12.3. The van der Waals surface area contributed by atoms with Crippen molar-refractivity contribution in [3.63, 3.8) is 0 Å². The van der Waals surface area contributed by atoms with Crippen LogP contribution < -0.4 is 0 Å². The smallest absolute Gasteiger partial charge is 0.350 e. The Labute approximate surface area is 79.7 Å². The van der Waals surface area contributed by atoms with Crippen molar-refractivity contribution in [3.8, 4) is 0 Å². The van der Waals surface area contributed by atoms with E-state index in [1.165, 1.54) is 0 Å². The van der Waals surface area contributed by atoms with Gasteiger partial charge in [-0.25, -0.2) is 9.59 Å². The number of hydrogen-bond acceptors (Lipinski definition) is 5. The minimum Gasteiger partial charge on any atom is -0.479 e. The van der Waals surface area contributed by atoms with Crippen LogP contribution in [0.5, 0.6) is 0 Å². The van der Waals surface area contributed by atoms with E-state index < -0.39 is 23.6 Å². The highest BCUT2D eigenvalue weighted by Crippen LogP contribution is 2.15. The van der Waals surface area contributed by atoms with E-state index in [1.54, 1.807) is 0 Å². The number of carbonyl (C=O) groups excluding carboxylic acids is 1. The van der Waals surface area contributed by atoms with Crippen molar-refractivity contribution in [1.82, 2.24) is 0 Å². The quantitative estimate of drug-likeness (QED) is 0.301. The minimum atomic E-state index is -2.68. The SMILES string of the molecule is C=COC(=O)C(O)(C=C)C(O)C(=O)O. The lowest BCUT2D eigenvalue weighted by molar-refractivity contribution is -0.176. The van der Waals surface area contributed by atoms with Gasteiger partial charge in [-0.2, -0.15) is 0 Å². The molecule has 2 unspecified atom stereocenters. The van der Waals surface area contributed by atoms with E-state index in [1.807, 2.05) is 0 Å². The fourth-order valence-electron chi connectivity index (χ4n) is 0.665. The predicted octanol–water partition coefficient (Wildman–Crippen LogP) is -0.964. The highest BCUT2D eigenvalue weighted by atomic mass is 16.5. The lowest BCUT2D eigenvalue weighted by atomic mass is 9.97. The fraction of sp³-hybridized carbons (Fsp3) is 0.250. The van der Waals surface area contributed by atoms with Crippen molar-refractivity contribution < 1.29 is 29.6 Å². The molecule has 0 amide bonds. The predicted molar refractivity (Wildman–Crippen MR) is 45.1 cm³/mol. The van der Waals surface area contributed by atoms with Gasteiger partial charge in [0.2, 0.25) is 5.60 Å². The summed E-state index contributed by atoms with van der Waals surface area (Å²) in [7, 11) is 0. The Balaban J connectivity index is 4.96. The number of carboxylic acids is 1. The van der Waals surface area contributed by atoms with Gasteiger partial charge in [0.1, 0.15) is 0 Å². The van der Waals surface area contributed by atoms with Gasteiger partial charge in [0.15, 0.2) is 6.10 Å². The lowest BCUT2D eigenvalue weighted by Crippen LogP contribution is -2.52. The average molecular weight is 202 g/mol. The van der Waals surface area contributed by atoms with Crippen LogP contribution in [0.15, 0.2) is 25.5 Å². The zero-order chi connectivity index (χ0) is 11.4. The third-order valence-electron chi connectivity index (χ3n) is 1.48. The second-order valence-electron chi connectivity index (χ2n) is 2.34. The van der Waals surface area contributed by atoms with E-state index in [0.717, 1.165) is 0 Å². The number of carboxylic acid groups (broad SMARTS) is 1. The molecular formula is C8H10O6. The summed E-state index contributed by atoms with van der Waals surface area (Å²) in [5.41, 5.74) is -2.68. The first-order valence-electron chi connectivity index (χ1n) is 3.49. The largest absolute Gasteiger partial charge is 0.479 e. The molecule has 0 bridgehead atoms. The molecule has 0 aliphatic rings. The summed E-state index contributed by atoms with van der Waals surface area (Å²) in [5.74, 6) is -3.13. The summed E-state index contributed by atoms with van der Waals surface area (Å²) in [6.45, 7) is 6.07. The summed E-state index contributed by atoms with van der Waals surface area (Å²) in [4.78, 5) is 21.3. The van der Waals surface area contributed by atoms with Gasteiger partial charge in [0, 0.05) is 0 Å². The van der Waals surface area contributed by atoms with Gasteiger partial charge < -0.3 is 20.1 Å². The van der Waals surface area contributed by atoms with Crippen molar-refractivity contribution >= 4 is 11.9 Å². The van der Waals surface area contributed by atoms with Gasteiger partial charge in [-0.3, -0.25) is 0 Å². The Morgan fingerprint density at radius 1 is 1.43 bits per heavy atom. The van der Waals surface area contributed by atoms with Crippen LogP contribution in [-0.4, -0.2) is 39.0 Å². The molecule has 6 heteroatoms. The van der Waals surface area contributed by atoms with Crippen LogP contribution in [-0.2, 0) is 14.3 Å². The summed E-state index contributed by atoms with van der Waals surface area (Å²) in [6.07, 6.45) is -1.06. The second-order valence-corrected chi connectivity index (χ2v) is 2.34. The van der Waals surface area contributed by atoms with Crippen molar-refractivity contribution in [1.29, 1.82) is 0 Å². The van der Waals surface area contributed by atoms with Crippen LogP contribution >= 0.6 is 0 Å². The van der Waals surface area contributed by atoms with Gasteiger partial charge in [-0.1, -0.05) is 13.2 Å². The first-order chi connectivity index (χ1) is 6.40. The molecule has 0 radical (unpaired) electrons. The Bertz CT molecular complexity index is 271. The van der Waals surface area contributed by atoms with Crippen molar-refractivity contribution in [2.24, 2.45) is 0 Å². The Hall–Kier alpha value is -1.66. The van der Waals surface area contributed by atoms with E-state index >= 15 is 0 Å². The standard InChI is InChI=1S/C8H10O6/c1-3-8(13,5(9)6(10)11)7(12)14-4-2/h3-5,9,13H,1-2H2,(H,10,11). The molecule has 0 spiro atoms. The zero-order valence-corrected chi connectivity index (χ0v) is 7.21. The maximum atomic E-state index is 11.0. The number of carbonyl (C=O) groups is 2. The van der Waals surface area contributed by atoms with Crippen LogP contribution in [0.4, 0.5) is 0 Å². The summed E-state index contributed by atoms with van der Waals surface area (Å²) < 4.78 is 4.15. The van der Waals surface area contributed by atoms with E-state index in [0.29, 0.717) is 12.3 Å². The Kier molecular flexibility index (Phi) is 4.00. The number of esters is 1. The molecule has 0 saturated carbocycles. The van der Waals surface area contributed by atoms with Crippen LogP contribution in [0.1, 0.15) is 0 Å². The molecule has 0 aliphatic carbocycles. The monoisotopic (exact) mass is 202 g/mol. The molecule has 0 heterocycles. The van der Waals surface area contributed by atoms with Gasteiger partial charge >= 0.3 is 11.9 Å². The highest BCUT2D eigenvalue weighted by molar-refractivity contribution is 5.90.